The van der Waals surface area contributed by atoms with Crippen molar-refractivity contribution >= 4 is 21.4 Å². The van der Waals surface area contributed by atoms with Crippen molar-refractivity contribution in [1.82, 2.24) is 8.87 Å². The van der Waals surface area contributed by atoms with Crippen LogP contribution in [0, 0.1) is 5.82 Å². The zero-order valence-electron chi connectivity index (χ0n) is 12.7. The molecule has 0 N–H and O–H groups in total. The van der Waals surface area contributed by atoms with Gasteiger partial charge in [0.25, 0.3) is 10.0 Å². The van der Waals surface area contributed by atoms with E-state index in [0.717, 1.165) is 11.3 Å². The van der Waals surface area contributed by atoms with Gasteiger partial charge in [-0.2, -0.15) is 4.31 Å². The van der Waals surface area contributed by atoms with Gasteiger partial charge in [0, 0.05) is 25.0 Å². The summed E-state index contributed by atoms with van der Waals surface area (Å²) in [5.74, 6) is -0.336. The number of nitrogens with zero attached hydrogens (tertiary/aromatic N) is 2. The van der Waals surface area contributed by atoms with E-state index in [1.165, 1.54) is 27.8 Å². The van der Waals surface area contributed by atoms with Crippen LogP contribution in [-0.2, 0) is 16.6 Å². The number of hydrogen-bond acceptors (Lipinski definition) is 3. The van der Waals surface area contributed by atoms with E-state index in [-0.39, 0.29) is 5.82 Å². The van der Waals surface area contributed by atoms with Gasteiger partial charge in [0.1, 0.15) is 10.0 Å². The minimum absolute atomic E-state index is 0.328. The van der Waals surface area contributed by atoms with Gasteiger partial charge in [-0.1, -0.05) is 18.2 Å². The molecule has 0 aliphatic carbocycles. The summed E-state index contributed by atoms with van der Waals surface area (Å²) in [5.41, 5.74) is 1.66. The first-order chi connectivity index (χ1) is 11.6. The van der Waals surface area contributed by atoms with Crippen molar-refractivity contribution in [2.75, 3.05) is 6.54 Å². The standard InChI is InChI=1S/C17H15FN2O2S2/c18-14-7-5-13(6-8-14)17-15-3-1-9-19(15)10-11-20(17)24(21,22)16-4-2-12-23-16/h1-9,12,17H,10-11H2. The molecule has 0 fully saturated rings. The summed E-state index contributed by atoms with van der Waals surface area (Å²) in [6.07, 6.45) is 1.95. The average molecular weight is 362 g/mol. The van der Waals surface area contributed by atoms with Crippen LogP contribution in [-0.4, -0.2) is 23.8 Å². The Morgan fingerprint density at radius 3 is 2.54 bits per heavy atom. The molecule has 124 valence electrons. The highest BCUT2D eigenvalue weighted by molar-refractivity contribution is 7.91. The molecule has 1 aliphatic heterocycles. The van der Waals surface area contributed by atoms with Crippen LogP contribution in [0.4, 0.5) is 4.39 Å². The first kappa shape index (κ1) is 15.6. The summed E-state index contributed by atoms with van der Waals surface area (Å²) < 4.78 is 43.4. The lowest BCUT2D eigenvalue weighted by molar-refractivity contribution is 0.299. The molecular weight excluding hydrogens is 347 g/mol. The second kappa shape index (κ2) is 5.84. The molecule has 4 rings (SSSR count). The maximum atomic E-state index is 13.3. The number of fused-ring (bicyclic) bond motifs is 1. The van der Waals surface area contributed by atoms with Crippen LogP contribution in [0.15, 0.2) is 64.3 Å². The molecule has 0 bridgehead atoms. The average Bonchev–Trinajstić information content (AvgIpc) is 3.26. The molecule has 0 saturated carbocycles. The lowest BCUT2D eigenvalue weighted by Gasteiger charge is -2.36. The summed E-state index contributed by atoms with van der Waals surface area (Å²) in [4.78, 5) is 0. The lowest BCUT2D eigenvalue weighted by atomic mass is 10.0. The number of sulfonamides is 1. The fraction of sp³-hybridized carbons (Fsp3) is 0.176. The van der Waals surface area contributed by atoms with Gasteiger partial charge in [-0.15, -0.1) is 11.3 Å². The van der Waals surface area contributed by atoms with Gasteiger partial charge < -0.3 is 4.57 Å². The van der Waals surface area contributed by atoms with Gasteiger partial charge in [-0.05, 0) is 41.3 Å². The third-order valence-corrected chi connectivity index (χ3v) is 7.48. The summed E-state index contributed by atoms with van der Waals surface area (Å²) >= 11 is 1.21. The Balaban J connectivity index is 1.86. The first-order valence-electron chi connectivity index (χ1n) is 7.53. The monoisotopic (exact) mass is 362 g/mol. The highest BCUT2D eigenvalue weighted by Gasteiger charge is 2.37. The van der Waals surface area contributed by atoms with Crippen molar-refractivity contribution in [3.63, 3.8) is 0 Å². The zero-order valence-corrected chi connectivity index (χ0v) is 14.3. The number of rotatable bonds is 3. The van der Waals surface area contributed by atoms with Gasteiger partial charge in [-0.25, -0.2) is 12.8 Å². The van der Waals surface area contributed by atoms with E-state index in [0.29, 0.717) is 17.3 Å². The summed E-state index contributed by atoms with van der Waals surface area (Å²) in [6, 6.07) is 12.8. The van der Waals surface area contributed by atoms with Crippen molar-refractivity contribution < 1.29 is 12.8 Å². The summed E-state index contributed by atoms with van der Waals surface area (Å²) in [6.45, 7) is 0.981. The second-order valence-electron chi connectivity index (χ2n) is 5.63. The number of hydrogen-bond donors (Lipinski definition) is 0. The Morgan fingerprint density at radius 2 is 1.83 bits per heavy atom. The maximum absolute atomic E-state index is 13.3. The Morgan fingerprint density at radius 1 is 1.04 bits per heavy atom. The van der Waals surface area contributed by atoms with Crippen molar-refractivity contribution in [3.05, 3.63) is 77.2 Å². The number of aromatic nitrogens is 1. The second-order valence-corrected chi connectivity index (χ2v) is 8.69. The van der Waals surface area contributed by atoms with E-state index >= 15 is 0 Å². The van der Waals surface area contributed by atoms with Crippen LogP contribution in [0.3, 0.4) is 0 Å². The van der Waals surface area contributed by atoms with Crippen molar-refractivity contribution in [3.8, 4) is 0 Å². The predicted octanol–water partition coefficient (Wildman–Crippen LogP) is 3.48. The topological polar surface area (TPSA) is 42.3 Å². The van der Waals surface area contributed by atoms with Gasteiger partial charge in [-0.3, -0.25) is 0 Å². The SMILES string of the molecule is O=S(=O)(c1cccs1)N1CCn2cccc2C1c1ccc(F)cc1. The minimum atomic E-state index is -3.60. The van der Waals surface area contributed by atoms with Crippen LogP contribution in [0.2, 0.25) is 0 Å². The molecule has 1 aliphatic rings. The van der Waals surface area contributed by atoms with Gasteiger partial charge >= 0.3 is 0 Å². The fourth-order valence-electron chi connectivity index (χ4n) is 3.13. The van der Waals surface area contributed by atoms with Crippen molar-refractivity contribution in [2.24, 2.45) is 0 Å². The van der Waals surface area contributed by atoms with Gasteiger partial charge in [0.05, 0.1) is 6.04 Å². The third kappa shape index (κ3) is 2.49. The smallest absolute Gasteiger partial charge is 0.253 e. The van der Waals surface area contributed by atoms with Gasteiger partial charge in [0.2, 0.25) is 0 Å². The normalized spacial score (nSPS) is 18.5. The Kier molecular flexibility index (Phi) is 3.79. The Bertz CT molecular complexity index is 947. The molecule has 4 nitrogen and oxygen atoms in total. The van der Waals surface area contributed by atoms with E-state index in [4.69, 9.17) is 0 Å². The quantitative estimate of drug-likeness (QED) is 0.716. The van der Waals surface area contributed by atoms with Crippen LogP contribution in [0.1, 0.15) is 17.3 Å². The highest BCUT2D eigenvalue weighted by Crippen LogP contribution is 2.37. The van der Waals surface area contributed by atoms with E-state index in [2.05, 4.69) is 4.57 Å². The van der Waals surface area contributed by atoms with Crippen molar-refractivity contribution in [2.45, 2.75) is 16.8 Å². The summed E-state index contributed by atoms with van der Waals surface area (Å²) in [5, 5.41) is 1.76. The molecule has 1 aromatic carbocycles. The molecule has 1 unspecified atom stereocenters. The number of halogens is 1. The molecule has 0 radical (unpaired) electrons. The molecule has 0 saturated heterocycles. The largest absolute Gasteiger partial charge is 0.348 e. The molecule has 24 heavy (non-hydrogen) atoms. The molecular formula is C17H15FN2O2S2. The molecule has 0 amide bonds. The Labute approximate surface area is 143 Å². The number of benzene rings is 1. The first-order valence-corrected chi connectivity index (χ1v) is 9.85. The predicted molar refractivity (Wildman–Crippen MR) is 90.9 cm³/mol. The van der Waals surface area contributed by atoms with E-state index in [9.17, 15) is 12.8 Å². The molecule has 1 atom stereocenters. The highest BCUT2D eigenvalue weighted by atomic mass is 32.2. The molecule has 0 spiro atoms. The van der Waals surface area contributed by atoms with Gasteiger partial charge in [0.15, 0.2) is 0 Å². The van der Waals surface area contributed by atoms with Crippen LogP contribution >= 0.6 is 11.3 Å². The zero-order chi connectivity index (χ0) is 16.7. The van der Waals surface area contributed by atoms with Crippen LogP contribution in [0.25, 0.3) is 0 Å². The molecule has 2 aromatic heterocycles. The molecule has 7 heteroatoms. The minimum Gasteiger partial charge on any atom is -0.348 e. The van der Waals surface area contributed by atoms with E-state index in [1.807, 2.05) is 18.3 Å². The molecule has 3 aromatic rings. The van der Waals surface area contributed by atoms with E-state index < -0.39 is 16.1 Å². The fourth-order valence-corrected chi connectivity index (χ4v) is 5.83. The number of thiophene rings is 1. The van der Waals surface area contributed by atoms with Crippen LogP contribution in [0.5, 0.6) is 0 Å². The lowest BCUT2D eigenvalue weighted by Crippen LogP contribution is -2.42. The maximum Gasteiger partial charge on any atom is 0.253 e. The molecule has 3 heterocycles. The summed E-state index contributed by atoms with van der Waals surface area (Å²) in [7, 11) is -3.60. The Hall–Kier alpha value is -1.96. The van der Waals surface area contributed by atoms with Crippen molar-refractivity contribution in [1.29, 1.82) is 0 Å². The van der Waals surface area contributed by atoms with Crippen LogP contribution < -0.4 is 0 Å². The van der Waals surface area contributed by atoms with E-state index in [1.54, 1.807) is 29.6 Å². The third-order valence-electron chi connectivity index (χ3n) is 4.24.